The molecule has 1 aromatic heterocycles. The third-order valence-corrected chi connectivity index (χ3v) is 6.76. The number of aliphatic hydroxyl groups is 1. The maximum Gasteiger partial charge on any atom is 0.573 e. The van der Waals surface area contributed by atoms with Crippen LogP contribution in [0.2, 0.25) is 0 Å². The number of halogens is 5. The van der Waals surface area contributed by atoms with E-state index >= 15 is 0 Å². The van der Waals surface area contributed by atoms with Gasteiger partial charge in [-0.15, -0.1) is 13.2 Å². The second-order valence-electron chi connectivity index (χ2n) is 9.06. The van der Waals surface area contributed by atoms with Crippen molar-refractivity contribution in [3.8, 4) is 17.0 Å². The summed E-state index contributed by atoms with van der Waals surface area (Å²) in [4.78, 5) is 13.7. The fourth-order valence-corrected chi connectivity index (χ4v) is 5.12. The zero-order chi connectivity index (χ0) is 25.8. The van der Waals surface area contributed by atoms with Crippen LogP contribution in [0, 0.1) is 11.6 Å². The number of hydrogen-bond donors (Lipinski definition) is 1. The molecule has 0 saturated heterocycles. The van der Waals surface area contributed by atoms with Gasteiger partial charge in [0.15, 0.2) is 0 Å². The first-order valence-electron chi connectivity index (χ1n) is 11.4. The number of nitrogens with zero attached hydrogens (tertiary/aromatic N) is 3. The summed E-state index contributed by atoms with van der Waals surface area (Å²) in [6, 6.07) is 7.40. The smallest absolute Gasteiger partial charge is 0.406 e. The highest BCUT2D eigenvalue weighted by atomic mass is 19.4. The maximum atomic E-state index is 14.3. The average Bonchev–Trinajstić information content (AvgIpc) is 3.31. The van der Waals surface area contributed by atoms with Gasteiger partial charge in [-0.3, -0.25) is 9.48 Å². The molecular weight excluding hydrogens is 485 g/mol. The Hall–Kier alpha value is -3.47. The Kier molecular flexibility index (Phi) is 5.98. The fraction of sp³-hybridized carbons (Fsp3) is 0.360. The van der Waals surface area contributed by atoms with E-state index in [-0.39, 0.29) is 31.0 Å². The number of hydrogen-bond acceptors (Lipinski definition) is 4. The third kappa shape index (κ3) is 4.55. The van der Waals surface area contributed by atoms with Gasteiger partial charge >= 0.3 is 6.36 Å². The van der Waals surface area contributed by atoms with Gasteiger partial charge in [0.2, 0.25) is 5.91 Å². The van der Waals surface area contributed by atoms with Gasteiger partial charge in [-0.2, -0.15) is 5.10 Å². The zero-order valence-corrected chi connectivity index (χ0v) is 19.1. The van der Waals surface area contributed by atoms with E-state index < -0.39 is 35.8 Å². The fourth-order valence-electron chi connectivity index (χ4n) is 5.12. The lowest BCUT2D eigenvalue weighted by atomic mass is 9.98. The summed E-state index contributed by atoms with van der Waals surface area (Å²) in [5, 5.41) is 15.3. The predicted octanol–water partition coefficient (Wildman–Crippen LogP) is 4.33. The molecule has 2 heterocycles. The number of alkyl halides is 3. The van der Waals surface area contributed by atoms with Crippen molar-refractivity contribution >= 4 is 5.91 Å². The lowest BCUT2D eigenvalue weighted by molar-refractivity contribution is -0.274. The summed E-state index contributed by atoms with van der Waals surface area (Å²) in [6.45, 7) is 2.16. The Labute approximate surface area is 202 Å². The number of benzene rings is 2. The van der Waals surface area contributed by atoms with E-state index in [4.69, 9.17) is 0 Å². The van der Waals surface area contributed by atoms with Crippen molar-refractivity contribution in [1.29, 1.82) is 0 Å². The number of carbonyl (C=O) groups is 1. The monoisotopic (exact) mass is 507 g/mol. The van der Waals surface area contributed by atoms with Gasteiger partial charge in [0.05, 0.1) is 18.3 Å². The maximum absolute atomic E-state index is 14.3. The molecule has 6 nitrogen and oxygen atoms in total. The van der Waals surface area contributed by atoms with Crippen LogP contribution < -0.4 is 4.74 Å². The minimum Gasteiger partial charge on any atom is -0.406 e. The van der Waals surface area contributed by atoms with E-state index in [2.05, 4.69) is 9.84 Å². The topological polar surface area (TPSA) is 67.6 Å². The van der Waals surface area contributed by atoms with Gasteiger partial charge in [-0.1, -0.05) is 12.1 Å². The van der Waals surface area contributed by atoms with Crippen molar-refractivity contribution < 1.29 is 36.6 Å². The highest BCUT2D eigenvalue weighted by molar-refractivity contribution is 5.75. The number of aromatic nitrogens is 2. The largest absolute Gasteiger partial charge is 0.573 e. The molecule has 1 N–H and O–H groups in total. The first-order chi connectivity index (χ1) is 17.0. The number of ether oxygens (including phenoxy) is 1. The molecule has 0 fully saturated rings. The van der Waals surface area contributed by atoms with Crippen LogP contribution in [0.5, 0.6) is 5.75 Å². The minimum absolute atomic E-state index is 0.0391. The van der Waals surface area contributed by atoms with Crippen LogP contribution in [0.25, 0.3) is 11.3 Å². The first kappa shape index (κ1) is 24.2. The second kappa shape index (κ2) is 8.88. The van der Waals surface area contributed by atoms with Crippen LogP contribution in [0.15, 0.2) is 36.4 Å². The summed E-state index contributed by atoms with van der Waals surface area (Å²) >= 11 is 0. The average molecular weight is 507 g/mol. The second-order valence-corrected chi connectivity index (χ2v) is 9.06. The molecule has 2 aromatic carbocycles. The van der Waals surface area contributed by atoms with Crippen LogP contribution in [-0.4, -0.2) is 44.7 Å². The summed E-state index contributed by atoms with van der Waals surface area (Å²) in [6.07, 6.45) is -5.36. The number of rotatable bonds is 4. The molecule has 2 aliphatic rings. The molecule has 0 spiro atoms. The number of carbonyl (C=O) groups excluding carboxylic acids is 1. The summed E-state index contributed by atoms with van der Waals surface area (Å²) in [5.41, 5.74) is 2.78. The lowest BCUT2D eigenvalue weighted by Crippen LogP contribution is -2.35. The van der Waals surface area contributed by atoms with E-state index in [0.717, 1.165) is 11.8 Å². The number of amides is 1. The molecule has 11 heteroatoms. The molecule has 1 aliphatic heterocycles. The Morgan fingerprint density at radius 3 is 2.69 bits per heavy atom. The van der Waals surface area contributed by atoms with Gasteiger partial charge in [0, 0.05) is 61.7 Å². The molecular formula is C25H22F5N3O3. The van der Waals surface area contributed by atoms with Crippen molar-refractivity contribution in [2.75, 3.05) is 6.54 Å². The molecule has 36 heavy (non-hydrogen) atoms. The number of aliphatic hydroxyl groups excluding tert-OH is 1. The van der Waals surface area contributed by atoms with E-state index in [9.17, 15) is 31.9 Å². The quantitative estimate of drug-likeness (QED) is 0.534. The summed E-state index contributed by atoms with van der Waals surface area (Å²) < 4.78 is 72.3. The molecule has 3 aromatic rings. The van der Waals surface area contributed by atoms with Crippen molar-refractivity contribution in [1.82, 2.24) is 14.7 Å². The van der Waals surface area contributed by atoms with E-state index in [1.54, 1.807) is 15.6 Å². The SMILES string of the molecule is CC(=O)N1CCc2c(c(-c3cccc(OC(F)(F)F)c3)nn2CC2c3cc(F)cc(F)c3C[C@H]2O)C1. The van der Waals surface area contributed by atoms with Gasteiger partial charge in [0.25, 0.3) is 0 Å². The van der Waals surface area contributed by atoms with Gasteiger partial charge < -0.3 is 14.7 Å². The summed E-state index contributed by atoms with van der Waals surface area (Å²) in [7, 11) is 0. The van der Waals surface area contributed by atoms with E-state index in [1.807, 2.05) is 0 Å². The van der Waals surface area contributed by atoms with Crippen LogP contribution >= 0.6 is 0 Å². The van der Waals surface area contributed by atoms with Crippen molar-refractivity contribution in [2.24, 2.45) is 0 Å². The van der Waals surface area contributed by atoms with Crippen LogP contribution in [0.1, 0.15) is 35.2 Å². The Morgan fingerprint density at radius 1 is 1.19 bits per heavy atom. The number of fused-ring (bicyclic) bond motifs is 2. The van der Waals surface area contributed by atoms with Crippen LogP contribution in [0.3, 0.4) is 0 Å². The van der Waals surface area contributed by atoms with Crippen LogP contribution in [0.4, 0.5) is 22.0 Å². The molecule has 0 bridgehead atoms. The van der Waals surface area contributed by atoms with Gasteiger partial charge in [-0.25, -0.2) is 8.78 Å². The molecule has 1 amide bonds. The summed E-state index contributed by atoms with van der Waals surface area (Å²) in [5.74, 6) is -2.65. The standard InChI is InChI=1S/C25H22F5N3O3/c1-13(34)32-6-5-22-20(11-32)24(14-3-2-4-16(7-14)36-25(28,29)30)31-33(22)12-19-17-8-15(26)9-21(27)18(17)10-23(19)35/h2-4,7-9,19,23,35H,5-6,10-12H2,1H3/t19?,23-/m1/s1. The highest BCUT2D eigenvalue weighted by Crippen LogP contribution is 2.39. The minimum atomic E-state index is -4.86. The third-order valence-electron chi connectivity index (χ3n) is 6.76. The molecule has 0 saturated carbocycles. The van der Waals surface area contributed by atoms with Crippen molar-refractivity contribution in [2.45, 2.75) is 51.2 Å². The molecule has 190 valence electrons. The normalized spacial score (nSPS) is 19.2. The lowest BCUT2D eigenvalue weighted by Gasteiger charge is -2.27. The van der Waals surface area contributed by atoms with Gasteiger partial charge in [0.1, 0.15) is 17.4 Å². The van der Waals surface area contributed by atoms with Gasteiger partial charge in [-0.05, 0) is 29.3 Å². The highest BCUT2D eigenvalue weighted by Gasteiger charge is 2.36. The Balaban J connectivity index is 1.56. The van der Waals surface area contributed by atoms with Crippen molar-refractivity contribution in [3.63, 3.8) is 0 Å². The van der Waals surface area contributed by atoms with Crippen LogP contribution in [-0.2, 0) is 30.7 Å². The molecule has 1 aliphatic carbocycles. The van der Waals surface area contributed by atoms with E-state index in [0.29, 0.717) is 35.3 Å². The van der Waals surface area contributed by atoms with E-state index in [1.165, 1.54) is 31.2 Å². The Morgan fingerprint density at radius 2 is 1.97 bits per heavy atom. The molecule has 5 rings (SSSR count). The molecule has 1 unspecified atom stereocenters. The Bertz CT molecular complexity index is 1340. The first-order valence-corrected chi connectivity index (χ1v) is 11.4. The van der Waals surface area contributed by atoms with Crippen molar-refractivity contribution in [3.05, 3.63) is 70.4 Å². The molecule has 2 atom stereocenters. The predicted molar refractivity (Wildman–Crippen MR) is 118 cm³/mol. The molecule has 0 radical (unpaired) electrons. The zero-order valence-electron chi connectivity index (χ0n) is 19.1.